The second-order valence-corrected chi connectivity index (χ2v) is 12.3. The summed E-state index contributed by atoms with van der Waals surface area (Å²) >= 11 is -9.26. The normalized spacial score (nSPS) is 14.0. The zero-order valence-electron chi connectivity index (χ0n) is 15.0. The second kappa shape index (κ2) is 9.18. The van der Waals surface area contributed by atoms with E-state index in [1.807, 2.05) is 31.1 Å². The predicted molar refractivity (Wildman–Crippen MR) is 77.3 cm³/mol. The first kappa shape index (κ1) is 29.5. The minimum absolute atomic E-state index is 1.19. The third-order valence-corrected chi connectivity index (χ3v) is 10.0. The average Bonchev–Trinajstić information content (AvgIpc) is 2.52. The number of pyridine rings is 1. The van der Waals surface area contributed by atoms with Gasteiger partial charge in [0.25, 0.3) is 0 Å². The summed E-state index contributed by atoms with van der Waals surface area (Å²) < 4.78 is 160. The Labute approximate surface area is 169 Å². The van der Waals surface area contributed by atoms with Crippen LogP contribution in [-0.4, -0.2) is 67.3 Å². The molecule has 1 aromatic rings. The molecule has 0 aliphatic rings. The molecule has 31 heavy (non-hydrogen) atoms. The van der Waals surface area contributed by atoms with Crippen molar-refractivity contribution in [3.05, 3.63) is 24.5 Å². The SMILES string of the molecule is CN(C)c1ccncc1.FC(F)(F)[C](F)(F)[Ga]([C](F)(F)C(F)(F)F)[C](F)(F)C(F)(F)F. The maximum absolute atomic E-state index is 12.6. The Bertz CT molecular complexity index is 632. The van der Waals surface area contributed by atoms with E-state index in [1.165, 1.54) is 5.69 Å². The number of alkyl halides is 15. The fraction of sp³-hybridized carbons (Fsp3) is 0.615. The minimum atomic E-state index is -9.26. The van der Waals surface area contributed by atoms with Crippen LogP contribution in [0.4, 0.5) is 71.5 Å². The van der Waals surface area contributed by atoms with Crippen molar-refractivity contribution in [3.63, 3.8) is 0 Å². The van der Waals surface area contributed by atoms with Crippen LogP contribution < -0.4 is 4.90 Å². The van der Waals surface area contributed by atoms with Crippen molar-refractivity contribution in [1.82, 2.24) is 4.98 Å². The van der Waals surface area contributed by atoms with E-state index < -0.39 is 48.2 Å². The van der Waals surface area contributed by atoms with Gasteiger partial charge in [-0.15, -0.1) is 0 Å². The van der Waals surface area contributed by atoms with Gasteiger partial charge in [0.05, 0.1) is 0 Å². The molecule has 0 unspecified atom stereocenters. The molecule has 0 saturated carbocycles. The van der Waals surface area contributed by atoms with Gasteiger partial charge in [-0.25, -0.2) is 0 Å². The van der Waals surface area contributed by atoms with Gasteiger partial charge in [-0.05, 0) is 12.1 Å². The summed E-state index contributed by atoms with van der Waals surface area (Å²) in [5.74, 6) is 0. The molecule has 180 valence electrons. The van der Waals surface area contributed by atoms with E-state index in [9.17, 15) is 65.9 Å². The number of anilines is 1. The maximum atomic E-state index is 12.6. The van der Waals surface area contributed by atoms with Crippen LogP contribution >= 0.6 is 0 Å². The van der Waals surface area contributed by atoms with Crippen molar-refractivity contribution in [3.8, 4) is 0 Å². The standard InChI is InChI=1S/C7H10N2.3C2F5.Ga/c1-9(2)7-3-5-8-6-4-7;3*3-1(4)2(5,6)7;/h3-6H,1-2H3;;;;. The van der Waals surface area contributed by atoms with Gasteiger partial charge >= 0.3 is 114 Å². The Kier molecular flexibility index (Phi) is 8.75. The first-order valence-corrected chi connectivity index (χ1v) is 11.0. The summed E-state index contributed by atoms with van der Waals surface area (Å²) in [5.41, 5.74) is 1.19. The molecule has 0 aromatic carbocycles. The van der Waals surface area contributed by atoms with Gasteiger partial charge in [0.2, 0.25) is 0 Å². The number of hydrogen-bond donors (Lipinski definition) is 0. The summed E-state index contributed by atoms with van der Waals surface area (Å²) in [7, 11) is 4.02. The molecule has 18 heteroatoms. The molecule has 0 radical (unpaired) electrons. The molecular formula is C13H10F15GaN2. The summed E-state index contributed by atoms with van der Waals surface area (Å²) in [6.45, 7) is 0. The molecule has 0 aliphatic heterocycles. The van der Waals surface area contributed by atoms with Crippen LogP contribution in [0.25, 0.3) is 0 Å². The summed E-state index contributed by atoms with van der Waals surface area (Å²) in [4.78, 5) is 5.94. The van der Waals surface area contributed by atoms with Crippen molar-refractivity contribution in [2.24, 2.45) is 0 Å². The Balaban J connectivity index is 0.000000823. The van der Waals surface area contributed by atoms with Crippen LogP contribution in [0, 0.1) is 0 Å². The van der Waals surface area contributed by atoms with E-state index in [0.29, 0.717) is 0 Å². The Morgan fingerprint density at radius 2 is 0.839 bits per heavy atom. The zero-order chi connectivity index (χ0) is 25.3. The Morgan fingerprint density at radius 1 is 0.581 bits per heavy atom. The quantitative estimate of drug-likeness (QED) is 0.347. The Hall–Kier alpha value is -1.46. The number of hydrogen-bond acceptors (Lipinski definition) is 2. The molecule has 0 amide bonds. The molecule has 0 saturated heterocycles. The summed E-state index contributed by atoms with van der Waals surface area (Å²) in [5, 5.41) is 0. The van der Waals surface area contributed by atoms with Gasteiger partial charge in [-0.2, -0.15) is 0 Å². The first-order valence-electron chi connectivity index (χ1n) is 7.33. The van der Waals surface area contributed by atoms with Crippen LogP contribution in [0.3, 0.4) is 0 Å². The van der Waals surface area contributed by atoms with E-state index in [0.717, 1.165) is 0 Å². The molecule has 1 aromatic heterocycles. The molecule has 1 rings (SSSR count). The van der Waals surface area contributed by atoms with Crippen molar-refractivity contribution in [1.29, 1.82) is 0 Å². The number of nitrogens with zero attached hydrogens (tertiary/aromatic N) is 2. The molecule has 0 atom stereocenters. The number of aromatic nitrogens is 1. The molecule has 0 aliphatic carbocycles. The summed E-state index contributed by atoms with van der Waals surface area (Å²) in [6.07, 6.45) is -18.8. The van der Waals surface area contributed by atoms with E-state index in [1.54, 1.807) is 12.4 Å². The third kappa shape index (κ3) is 6.52. The molecule has 0 fully saturated rings. The fourth-order valence-electron chi connectivity index (χ4n) is 1.82. The van der Waals surface area contributed by atoms with Crippen LogP contribution in [0.15, 0.2) is 24.5 Å². The van der Waals surface area contributed by atoms with Crippen LogP contribution in [0.1, 0.15) is 0 Å². The van der Waals surface area contributed by atoms with Crippen molar-refractivity contribution in [2.45, 2.75) is 32.0 Å². The van der Waals surface area contributed by atoms with E-state index >= 15 is 0 Å². The zero-order valence-corrected chi connectivity index (χ0v) is 17.4. The topological polar surface area (TPSA) is 16.1 Å². The average molecular weight is 549 g/mol. The van der Waals surface area contributed by atoms with E-state index in [-0.39, 0.29) is 0 Å². The van der Waals surface area contributed by atoms with Crippen molar-refractivity contribution in [2.75, 3.05) is 19.0 Å². The Morgan fingerprint density at radius 3 is 1.00 bits per heavy atom. The molecule has 0 spiro atoms. The third-order valence-electron chi connectivity index (χ3n) is 3.40. The van der Waals surface area contributed by atoms with Gasteiger partial charge in [0.1, 0.15) is 0 Å². The number of rotatable bonds is 4. The van der Waals surface area contributed by atoms with E-state index in [2.05, 4.69) is 4.98 Å². The van der Waals surface area contributed by atoms with Gasteiger partial charge in [-0.1, -0.05) is 0 Å². The molecular weight excluding hydrogens is 539 g/mol. The van der Waals surface area contributed by atoms with Gasteiger partial charge in [-0.3, -0.25) is 4.98 Å². The van der Waals surface area contributed by atoms with Crippen LogP contribution in [0.5, 0.6) is 0 Å². The number of halogens is 15. The molecule has 0 N–H and O–H groups in total. The summed E-state index contributed by atoms with van der Waals surface area (Å²) in [6, 6.07) is 3.94. The van der Waals surface area contributed by atoms with Crippen LogP contribution in [-0.2, 0) is 0 Å². The van der Waals surface area contributed by atoms with Gasteiger partial charge in [0, 0.05) is 32.2 Å². The molecule has 2 nitrogen and oxygen atoms in total. The molecule has 1 heterocycles. The van der Waals surface area contributed by atoms with Gasteiger partial charge in [0.15, 0.2) is 0 Å². The van der Waals surface area contributed by atoms with Crippen LogP contribution in [0.2, 0.25) is 0 Å². The van der Waals surface area contributed by atoms with Crippen molar-refractivity contribution < 1.29 is 65.9 Å². The first-order chi connectivity index (χ1) is 13.4. The predicted octanol–water partition coefficient (Wildman–Crippen LogP) is 5.84. The molecule has 0 bridgehead atoms. The van der Waals surface area contributed by atoms with E-state index in [4.69, 9.17) is 0 Å². The van der Waals surface area contributed by atoms with Crippen molar-refractivity contribution >= 4 is 21.9 Å². The monoisotopic (exact) mass is 548 g/mol. The second-order valence-electron chi connectivity index (χ2n) is 5.90. The van der Waals surface area contributed by atoms with Gasteiger partial charge < -0.3 is 4.90 Å². The fourth-order valence-corrected chi connectivity index (χ4v) is 6.74.